The monoisotopic (exact) mass is 570 g/mol. The molecule has 0 aromatic carbocycles. The molecule has 2 rings (SSSR count). The third-order valence-electron chi connectivity index (χ3n) is 10.1. The van der Waals surface area contributed by atoms with Gasteiger partial charge in [-0.2, -0.15) is 0 Å². The number of rotatable bonds is 12. The summed E-state index contributed by atoms with van der Waals surface area (Å²) in [5, 5.41) is 0. The molecule has 0 spiro atoms. The summed E-state index contributed by atoms with van der Waals surface area (Å²) < 4.78 is -0.420. The van der Waals surface area contributed by atoms with Gasteiger partial charge in [-0.25, -0.2) is 0 Å². The van der Waals surface area contributed by atoms with Crippen LogP contribution < -0.4 is 0 Å². The quantitative estimate of drug-likeness (QED) is 0.218. The summed E-state index contributed by atoms with van der Waals surface area (Å²) in [4.78, 5) is 0. The Bertz CT molecular complexity index is 767. The average Bonchev–Trinajstić information content (AvgIpc) is 3.29. The molecule has 0 heterocycles. The average molecular weight is 573 g/mol. The van der Waals surface area contributed by atoms with Crippen LogP contribution in [0.4, 0.5) is 0 Å². The summed E-state index contributed by atoms with van der Waals surface area (Å²) in [6.45, 7) is 23.4. The van der Waals surface area contributed by atoms with E-state index in [4.69, 9.17) is 17.0 Å². The van der Waals surface area contributed by atoms with Crippen molar-refractivity contribution in [2.45, 2.75) is 127 Å². The van der Waals surface area contributed by atoms with Crippen LogP contribution in [0.25, 0.3) is 0 Å². The van der Waals surface area contributed by atoms with E-state index in [1.54, 1.807) is 0 Å². The number of hydrogen-bond acceptors (Lipinski definition) is 0. The zero-order valence-electron chi connectivity index (χ0n) is 23.2. The third-order valence-corrected chi connectivity index (χ3v) is 28.5. The molecule has 0 aromatic heterocycles. The summed E-state index contributed by atoms with van der Waals surface area (Å²) in [7, 11) is 15.6. The molecule has 2 atom stereocenters. The van der Waals surface area contributed by atoms with Crippen molar-refractivity contribution < 1.29 is 17.9 Å². The van der Waals surface area contributed by atoms with E-state index < -0.39 is 17.9 Å². The Balaban J connectivity index is 2.64. The summed E-state index contributed by atoms with van der Waals surface area (Å²) >= 11 is -3.87. The van der Waals surface area contributed by atoms with Crippen LogP contribution >= 0.6 is 17.0 Å². The van der Waals surface area contributed by atoms with E-state index in [0.29, 0.717) is 0 Å². The van der Waals surface area contributed by atoms with Crippen molar-refractivity contribution in [3.05, 3.63) is 46.6 Å². The molecule has 2 aliphatic rings. The van der Waals surface area contributed by atoms with Crippen LogP contribution in [-0.4, -0.2) is 0 Å². The second-order valence-corrected chi connectivity index (χ2v) is 27.0. The minimum absolute atomic E-state index is 0.210. The van der Waals surface area contributed by atoms with Crippen LogP contribution in [-0.2, 0) is 17.9 Å². The van der Waals surface area contributed by atoms with Crippen LogP contribution in [0.3, 0.4) is 0 Å². The summed E-state index contributed by atoms with van der Waals surface area (Å²) in [5.41, 5.74) is 6.42. The summed E-state index contributed by atoms with van der Waals surface area (Å²) in [6, 6.07) is 0. The molecule has 0 aliphatic heterocycles. The van der Waals surface area contributed by atoms with Crippen LogP contribution in [0.2, 0.25) is 6.25 Å². The molecule has 0 fully saturated rings. The molecule has 3 heteroatoms. The summed E-state index contributed by atoms with van der Waals surface area (Å²) in [6.07, 6.45) is 19.2. The van der Waals surface area contributed by atoms with Crippen molar-refractivity contribution in [2.24, 2.45) is 10.8 Å². The minimum atomic E-state index is -3.87. The van der Waals surface area contributed by atoms with Crippen LogP contribution in [0.5, 0.6) is 0 Å². The predicted molar refractivity (Wildman–Crippen MR) is 148 cm³/mol. The molecule has 0 N–H and O–H groups in total. The van der Waals surface area contributed by atoms with E-state index in [-0.39, 0.29) is 17.1 Å². The Labute approximate surface area is 217 Å². The molecule has 0 saturated carbocycles. The molecular weight excluding hydrogens is 522 g/mol. The molecule has 188 valence electrons. The van der Waals surface area contributed by atoms with E-state index in [2.05, 4.69) is 93.5 Å². The topological polar surface area (TPSA) is 0 Å². The maximum absolute atomic E-state index is 7.78. The van der Waals surface area contributed by atoms with E-state index in [0.717, 1.165) is 0 Å². The van der Waals surface area contributed by atoms with Crippen LogP contribution in [0, 0.1) is 10.8 Å². The molecule has 2 unspecified atom stereocenters. The second-order valence-electron chi connectivity index (χ2n) is 11.2. The van der Waals surface area contributed by atoms with Crippen LogP contribution in [0.1, 0.15) is 121 Å². The van der Waals surface area contributed by atoms with Gasteiger partial charge >= 0.3 is 219 Å². The molecule has 0 radical (unpaired) electrons. The molecule has 0 amide bonds. The van der Waals surface area contributed by atoms with Gasteiger partial charge in [0.25, 0.3) is 0 Å². The zero-order chi connectivity index (χ0) is 25.3. The van der Waals surface area contributed by atoms with Crippen molar-refractivity contribution in [3.8, 4) is 0 Å². The Kier molecular flexibility index (Phi) is 9.71. The standard InChI is InChI=1S/2C15H25.2ClH.Zr/c2*1-6-11-15(7-2,8-3)14-10-9-12(4)13(14)5;;;/h2*9-10H,6-8,11H2,1-5H3;2*1H;/q;;;;+2/p-2. The van der Waals surface area contributed by atoms with Gasteiger partial charge in [0.1, 0.15) is 0 Å². The van der Waals surface area contributed by atoms with E-state index in [1.165, 1.54) is 73.7 Å². The van der Waals surface area contributed by atoms with Crippen LogP contribution in [0.15, 0.2) is 46.6 Å². The fraction of sp³-hybridized carbons (Fsp3) is 0.733. The molecule has 0 bridgehead atoms. The van der Waals surface area contributed by atoms with Crippen molar-refractivity contribution in [1.82, 2.24) is 0 Å². The van der Waals surface area contributed by atoms with Crippen molar-refractivity contribution in [1.29, 1.82) is 0 Å². The normalized spacial score (nSPS) is 26.3. The van der Waals surface area contributed by atoms with Gasteiger partial charge in [-0.1, -0.05) is 0 Å². The fourth-order valence-corrected chi connectivity index (χ4v) is 19.0. The number of halogens is 2. The van der Waals surface area contributed by atoms with E-state index in [1.807, 2.05) is 0 Å². The van der Waals surface area contributed by atoms with Crippen molar-refractivity contribution >= 4 is 17.0 Å². The molecular formula is C30H50Cl2Zr. The van der Waals surface area contributed by atoms with Gasteiger partial charge < -0.3 is 0 Å². The number of hydrogen-bond donors (Lipinski definition) is 0. The van der Waals surface area contributed by atoms with Gasteiger partial charge in [0.05, 0.1) is 0 Å². The van der Waals surface area contributed by atoms with Gasteiger partial charge in [0.2, 0.25) is 0 Å². The van der Waals surface area contributed by atoms with Crippen molar-refractivity contribution in [3.63, 3.8) is 0 Å². The molecule has 0 aromatic rings. The molecule has 2 aliphatic carbocycles. The number of allylic oxidation sites excluding steroid dienone is 8. The Morgan fingerprint density at radius 2 is 0.970 bits per heavy atom. The SMILES string of the molecule is CCCC(CC)(CC)C1=C(C)[C](C)([Zr]([Cl])([Cl])[C]2(C)C=CC(C(CC)(CC)CCC)=C2C)C=C1. The Hall–Kier alpha value is 0.423. The van der Waals surface area contributed by atoms with Gasteiger partial charge in [-0.3, -0.25) is 0 Å². The first-order chi connectivity index (χ1) is 15.4. The predicted octanol–water partition coefficient (Wildman–Crippen LogP) is 11.8. The second kappa shape index (κ2) is 10.8. The summed E-state index contributed by atoms with van der Waals surface area (Å²) in [5.74, 6) is 0. The van der Waals surface area contributed by atoms with Gasteiger partial charge in [0, 0.05) is 0 Å². The first-order valence-electron chi connectivity index (χ1n) is 13.6. The van der Waals surface area contributed by atoms with Gasteiger partial charge in [-0.15, -0.1) is 0 Å². The molecule has 33 heavy (non-hydrogen) atoms. The fourth-order valence-electron chi connectivity index (χ4n) is 7.12. The first kappa shape index (κ1) is 29.7. The van der Waals surface area contributed by atoms with E-state index in [9.17, 15) is 0 Å². The van der Waals surface area contributed by atoms with Crippen molar-refractivity contribution in [2.75, 3.05) is 0 Å². The first-order valence-corrected chi connectivity index (χ1v) is 22.4. The molecule has 0 saturated heterocycles. The van der Waals surface area contributed by atoms with Gasteiger partial charge in [-0.05, 0) is 0 Å². The molecule has 0 nitrogen and oxygen atoms in total. The Morgan fingerprint density at radius 3 is 1.21 bits per heavy atom. The zero-order valence-corrected chi connectivity index (χ0v) is 27.2. The Morgan fingerprint density at radius 1 is 0.667 bits per heavy atom. The third kappa shape index (κ3) is 4.42. The van der Waals surface area contributed by atoms with Gasteiger partial charge in [0.15, 0.2) is 0 Å². The maximum atomic E-state index is 7.78. The van der Waals surface area contributed by atoms with E-state index >= 15 is 0 Å².